The van der Waals surface area contributed by atoms with Crippen molar-refractivity contribution >= 4 is 0 Å². The van der Waals surface area contributed by atoms with Crippen LogP contribution in [-0.2, 0) is 0 Å². The molecule has 0 bridgehead atoms. The van der Waals surface area contributed by atoms with Crippen LogP contribution in [0.4, 0.5) is 0 Å². The van der Waals surface area contributed by atoms with Crippen LogP contribution in [0.5, 0.6) is 0 Å². The van der Waals surface area contributed by atoms with E-state index in [1.165, 1.54) is 12.0 Å². The van der Waals surface area contributed by atoms with Crippen molar-refractivity contribution in [3.8, 4) is 0 Å². The zero-order chi connectivity index (χ0) is 12.3. The Bertz CT molecular complexity index is 282. The summed E-state index contributed by atoms with van der Waals surface area (Å²) < 4.78 is 0. The number of allylic oxidation sites excluding steroid dienone is 3. The predicted molar refractivity (Wildman–Crippen MR) is 72.5 cm³/mol. The van der Waals surface area contributed by atoms with Crippen LogP contribution in [0.15, 0.2) is 23.3 Å². The van der Waals surface area contributed by atoms with Gasteiger partial charge in [0.15, 0.2) is 0 Å². The Balaban J connectivity index is 2.71. The summed E-state index contributed by atoms with van der Waals surface area (Å²) in [5.74, 6) is 2.07. The van der Waals surface area contributed by atoms with E-state index in [1.807, 2.05) is 0 Å². The van der Waals surface area contributed by atoms with Crippen molar-refractivity contribution in [3.63, 3.8) is 0 Å². The highest BCUT2D eigenvalue weighted by atomic mass is 15.0. The lowest BCUT2D eigenvalue weighted by atomic mass is 9.89. The molecule has 92 valence electrons. The van der Waals surface area contributed by atoms with Gasteiger partial charge in [0.05, 0.1) is 0 Å². The van der Waals surface area contributed by atoms with Crippen molar-refractivity contribution in [2.75, 3.05) is 20.6 Å². The SMILES string of the molecule is CC(C)C1=CC(C(C)C)C(CCN(C)C)=C1. The lowest BCUT2D eigenvalue weighted by Gasteiger charge is -2.19. The summed E-state index contributed by atoms with van der Waals surface area (Å²) in [5, 5.41) is 0. The molecule has 1 rings (SSSR count). The number of rotatable bonds is 5. The van der Waals surface area contributed by atoms with Crippen LogP contribution in [-0.4, -0.2) is 25.5 Å². The van der Waals surface area contributed by atoms with Crippen molar-refractivity contribution in [1.82, 2.24) is 4.90 Å². The van der Waals surface area contributed by atoms with Crippen molar-refractivity contribution in [3.05, 3.63) is 23.3 Å². The van der Waals surface area contributed by atoms with E-state index in [9.17, 15) is 0 Å². The summed E-state index contributed by atoms with van der Waals surface area (Å²) in [6.45, 7) is 10.4. The van der Waals surface area contributed by atoms with Gasteiger partial charge in [-0.15, -0.1) is 0 Å². The molecule has 0 radical (unpaired) electrons. The monoisotopic (exact) mass is 221 g/mol. The van der Waals surface area contributed by atoms with Crippen LogP contribution in [0.1, 0.15) is 34.1 Å². The molecular formula is C15H27N. The summed E-state index contributed by atoms with van der Waals surface area (Å²) in [6.07, 6.45) is 6.14. The standard InChI is InChI=1S/C15H27N/c1-11(2)14-9-13(7-8-16(5)6)15(10-14)12(3)4/h9-12,15H,7-8H2,1-6H3. The third-order valence-electron chi connectivity index (χ3n) is 3.38. The summed E-state index contributed by atoms with van der Waals surface area (Å²) in [7, 11) is 4.30. The second-order valence-corrected chi connectivity index (χ2v) is 5.86. The molecule has 1 aliphatic carbocycles. The first-order chi connectivity index (χ1) is 7.41. The highest BCUT2D eigenvalue weighted by Crippen LogP contribution is 2.34. The van der Waals surface area contributed by atoms with Gasteiger partial charge in [-0.1, -0.05) is 45.4 Å². The molecule has 0 N–H and O–H groups in total. The molecule has 1 nitrogen and oxygen atoms in total. The summed E-state index contributed by atoms with van der Waals surface area (Å²) in [4.78, 5) is 2.27. The minimum Gasteiger partial charge on any atom is -0.309 e. The molecule has 0 aliphatic heterocycles. The van der Waals surface area contributed by atoms with Crippen LogP contribution >= 0.6 is 0 Å². The number of hydrogen-bond acceptors (Lipinski definition) is 1. The van der Waals surface area contributed by atoms with E-state index in [0.29, 0.717) is 11.8 Å². The van der Waals surface area contributed by atoms with Gasteiger partial charge in [-0.3, -0.25) is 0 Å². The van der Waals surface area contributed by atoms with Crippen LogP contribution in [0.3, 0.4) is 0 Å². The van der Waals surface area contributed by atoms with E-state index in [-0.39, 0.29) is 0 Å². The van der Waals surface area contributed by atoms with Crippen LogP contribution in [0, 0.1) is 17.8 Å². The Morgan fingerprint density at radius 1 is 1.19 bits per heavy atom. The number of nitrogens with zero attached hydrogens (tertiary/aromatic N) is 1. The van der Waals surface area contributed by atoms with Gasteiger partial charge in [0, 0.05) is 12.5 Å². The van der Waals surface area contributed by atoms with Gasteiger partial charge in [0.2, 0.25) is 0 Å². The van der Waals surface area contributed by atoms with E-state index in [4.69, 9.17) is 0 Å². The van der Waals surface area contributed by atoms with Gasteiger partial charge in [-0.25, -0.2) is 0 Å². The maximum absolute atomic E-state index is 2.49. The normalized spacial score (nSPS) is 20.9. The van der Waals surface area contributed by atoms with Gasteiger partial charge in [0.25, 0.3) is 0 Å². The molecule has 0 saturated carbocycles. The fourth-order valence-corrected chi connectivity index (χ4v) is 2.24. The highest BCUT2D eigenvalue weighted by molar-refractivity contribution is 5.37. The Morgan fingerprint density at radius 3 is 2.25 bits per heavy atom. The molecule has 0 heterocycles. The van der Waals surface area contributed by atoms with Gasteiger partial charge < -0.3 is 4.90 Å². The average Bonchev–Trinajstić information content (AvgIpc) is 2.58. The fraction of sp³-hybridized carbons (Fsp3) is 0.733. The van der Waals surface area contributed by atoms with Crippen LogP contribution < -0.4 is 0 Å². The lowest BCUT2D eigenvalue weighted by Crippen LogP contribution is -2.16. The Morgan fingerprint density at radius 2 is 1.81 bits per heavy atom. The first-order valence-corrected chi connectivity index (χ1v) is 6.48. The summed E-state index contributed by atoms with van der Waals surface area (Å²) in [5.41, 5.74) is 3.17. The largest absolute Gasteiger partial charge is 0.309 e. The molecule has 0 aromatic rings. The van der Waals surface area contributed by atoms with Crippen molar-refractivity contribution in [2.24, 2.45) is 17.8 Å². The molecule has 1 heteroatoms. The first-order valence-electron chi connectivity index (χ1n) is 6.48. The van der Waals surface area contributed by atoms with Gasteiger partial charge in [-0.05, 0) is 37.9 Å². The zero-order valence-electron chi connectivity index (χ0n) is 11.7. The molecule has 1 atom stereocenters. The Labute approximate surface area is 101 Å². The molecule has 0 aromatic carbocycles. The van der Waals surface area contributed by atoms with Gasteiger partial charge in [-0.2, -0.15) is 0 Å². The van der Waals surface area contributed by atoms with Crippen molar-refractivity contribution in [2.45, 2.75) is 34.1 Å². The zero-order valence-corrected chi connectivity index (χ0v) is 11.7. The molecule has 0 aromatic heterocycles. The van der Waals surface area contributed by atoms with E-state index >= 15 is 0 Å². The van der Waals surface area contributed by atoms with Crippen molar-refractivity contribution < 1.29 is 0 Å². The topological polar surface area (TPSA) is 3.24 Å². The summed E-state index contributed by atoms with van der Waals surface area (Å²) >= 11 is 0. The molecule has 16 heavy (non-hydrogen) atoms. The summed E-state index contributed by atoms with van der Waals surface area (Å²) in [6, 6.07) is 0. The van der Waals surface area contributed by atoms with Crippen molar-refractivity contribution in [1.29, 1.82) is 0 Å². The molecule has 0 saturated heterocycles. The third kappa shape index (κ3) is 3.48. The first kappa shape index (κ1) is 13.5. The maximum Gasteiger partial charge on any atom is 0.00128 e. The fourth-order valence-electron chi connectivity index (χ4n) is 2.24. The highest BCUT2D eigenvalue weighted by Gasteiger charge is 2.22. The van der Waals surface area contributed by atoms with Gasteiger partial charge >= 0.3 is 0 Å². The van der Waals surface area contributed by atoms with E-state index in [0.717, 1.165) is 12.5 Å². The molecule has 1 unspecified atom stereocenters. The van der Waals surface area contributed by atoms with Crippen LogP contribution in [0.2, 0.25) is 0 Å². The number of hydrogen-bond donors (Lipinski definition) is 0. The van der Waals surface area contributed by atoms with Gasteiger partial charge in [0.1, 0.15) is 0 Å². The minimum atomic E-state index is 0.665. The van der Waals surface area contributed by atoms with E-state index in [1.54, 1.807) is 5.57 Å². The smallest absolute Gasteiger partial charge is 0.00128 e. The van der Waals surface area contributed by atoms with Crippen LogP contribution in [0.25, 0.3) is 0 Å². The lowest BCUT2D eigenvalue weighted by molar-refractivity contribution is 0.400. The second kappa shape index (κ2) is 5.67. The second-order valence-electron chi connectivity index (χ2n) is 5.86. The minimum absolute atomic E-state index is 0.665. The molecule has 0 spiro atoms. The van der Waals surface area contributed by atoms with E-state index in [2.05, 4.69) is 58.8 Å². The quantitative estimate of drug-likeness (QED) is 0.683. The molecule has 0 fully saturated rings. The maximum atomic E-state index is 2.49. The molecular weight excluding hydrogens is 194 g/mol. The Kier molecular flexibility index (Phi) is 4.79. The predicted octanol–water partition coefficient (Wildman–Crippen LogP) is 3.73. The molecule has 0 amide bonds. The average molecular weight is 221 g/mol. The Hall–Kier alpha value is -0.560. The third-order valence-corrected chi connectivity index (χ3v) is 3.38. The molecule has 1 aliphatic rings. The van der Waals surface area contributed by atoms with E-state index < -0.39 is 0 Å².